The molecule has 32 heavy (non-hydrogen) atoms. The third-order valence-electron chi connectivity index (χ3n) is 4.73. The molecule has 178 valence electrons. The molecule has 0 spiro atoms. The average Bonchev–Trinajstić information content (AvgIpc) is 2.72. The first-order valence-corrected chi connectivity index (χ1v) is 9.63. The minimum absolute atomic E-state index is 0.0236. The van der Waals surface area contributed by atoms with Crippen molar-refractivity contribution < 1.29 is 41.8 Å². The second-order valence-corrected chi connectivity index (χ2v) is 7.10. The van der Waals surface area contributed by atoms with Crippen molar-refractivity contribution in [3.8, 4) is 0 Å². The van der Waals surface area contributed by atoms with Crippen LogP contribution in [0.4, 0.5) is 22.0 Å². The van der Waals surface area contributed by atoms with Gasteiger partial charge in [0.25, 0.3) is 0 Å². The summed E-state index contributed by atoms with van der Waals surface area (Å²) in [6, 6.07) is 0. The number of nitrogens with one attached hydrogen (secondary N) is 1. The van der Waals surface area contributed by atoms with E-state index in [1.54, 1.807) is 4.90 Å². The highest BCUT2D eigenvalue weighted by Crippen LogP contribution is 2.24. The zero-order chi connectivity index (χ0) is 23.8. The van der Waals surface area contributed by atoms with Crippen LogP contribution in [0.1, 0.15) is 5.56 Å². The molecule has 0 amide bonds. The smallest absolute Gasteiger partial charge is 0.323 e. The van der Waals surface area contributed by atoms with Crippen LogP contribution in [0, 0.1) is 29.1 Å². The third-order valence-corrected chi connectivity index (χ3v) is 4.73. The molecular weight excluding hydrogens is 443 g/mol. The molecule has 3 N–H and O–H groups in total. The molecule has 0 bridgehead atoms. The first kappa shape index (κ1) is 25.3. The number of nitrogens with zero attached hydrogens (tertiary/aromatic N) is 3. The standard InChI is InChI=1S/C19H23F5N4O4/c20-15-12(16(21)18(23)19(24)17(15)22)9-28-7-5-26(10-13(29)30)3-1-25-2-4-27(6-8-28)11-14(31)32/h5,7,25H,1-4,6,8-11H2,(H,29,30)(H,31,32)/b7-5-. The first-order valence-electron chi connectivity index (χ1n) is 9.63. The Balaban J connectivity index is 2.34. The summed E-state index contributed by atoms with van der Waals surface area (Å²) in [5.74, 6) is -12.5. The zero-order valence-electron chi connectivity index (χ0n) is 17.0. The lowest BCUT2D eigenvalue weighted by Gasteiger charge is -2.28. The van der Waals surface area contributed by atoms with E-state index in [9.17, 15) is 31.5 Å². The number of carbonyl (C=O) groups is 2. The molecule has 0 atom stereocenters. The predicted octanol–water partition coefficient (Wildman–Crippen LogP) is 1.03. The molecule has 2 rings (SSSR count). The summed E-state index contributed by atoms with van der Waals surface area (Å²) in [4.78, 5) is 26.3. The van der Waals surface area contributed by atoms with Crippen LogP contribution >= 0.6 is 0 Å². The van der Waals surface area contributed by atoms with E-state index < -0.39 is 53.1 Å². The van der Waals surface area contributed by atoms with E-state index >= 15 is 0 Å². The quantitative estimate of drug-likeness (QED) is 0.325. The minimum atomic E-state index is -2.26. The largest absolute Gasteiger partial charge is 0.480 e. The van der Waals surface area contributed by atoms with Crippen molar-refractivity contribution in [1.82, 2.24) is 20.0 Å². The molecule has 13 heteroatoms. The van der Waals surface area contributed by atoms with Gasteiger partial charge in [-0.15, -0.1) is 0 Å². The minimum Gasteiger partial charge on any atom is -0.480 e. The molecule has 0 saturated carbocycles. The van der Waals surface area contributed by atoms with Gasteiger partial charge in [0.2, 0.25) is 5.82 Å². The van der Waals surface area contributed by atoms with E-state index in [-0.39, 0.29) is 32.7 Å². The Morgan fingerprint density at radius 1 is 0.750 bits per heavy atom. The van der Waals surface area contributed by atoms with E-state index in [2.05, 4.69) is 5.32 Å². The fourth-order valence-electron chi connectivity index (χ4n) is 3.08. The lowest BCUT2D eigenvalue weighted by molar-refractivity contribution is -0.139. The van der Waals surface area contributed by atoms with Gasteiger partial charge in [0.1, 0.15) is 6.54 Å². The predicted molar refractivity (Wildman–Crippen MR) is 102 cm³/mol. The van der Waals surface area contributed by atoms with E-state index in [0.717, 1.165) is 0 Å². The Morgan fingerprint density at radius 2 is 1.28 bits per heavy atom. The van der Waals surface area contributed by atoms with Crippen LogP contribution < -0.4 is 5.32 Å². The third kappa shape index (κ3) is 7.05. The van der Waals surface area contributed by atoms with Crippen molar-refractivity contribution in [2.45, 2.75) is 6.54 Å². The average molecular weight is 466 g/mol. The molecule has 8 nitrogen and oxygen atoms in total. The molecule has 1 aliphatic rings. The number of rotatable bonds is 6. The highest BCUT2D eigenvalue weighted by atomic mass is 19.2. The summed E-state index contributed by atoms with van der Waals surface area (Å²) in [6.45, 7) is 0.0148. The van der Waals surface area contributed by atoms with Crippen LogP contribution in [-0.2, 0) is 16.1 Å². The Kier molecular flexibility index (Phi) is 9.20. The van der Waals surface area contributed by atoms with Crippen molar-refractivity contribution >= 4 is 11.9 Å². The SMILES string of the molecule is O=C(O)CN1/C=C\N(Cc2c(F)c(F)c(F)c(F)c2F)CCN(CC(=O)O)CCNCC1. The van der Waals surface area contributed by atoms with Gasteiger partial charge in [-0.3, -0.25) is 14.5 Å². The summed E-state index contributed by atoms with van der Waals surface area (Å²) in [5, 5.41) is 21.2. The van der Waals surface area contributed by atoms with Gasteiger partial charge >= 0.3 is 11.9 Å². The Bertz CT molecular complexity index is 842. The normalized spacial score (nSPS) is 17.5. The molecule has 1 heterocycles. The van der Waals surface area contributed by atoms with Gasteiger partial charge in [0.15, 0.2) is 23.3 Å². The summed E-state index contributed by atoms with van der Waals surface area (Å²) in [6.07, 6.45) is 2.62. The maximum absolute atomic E-state index is 14.1. The van der Waals surface area contributed by atoms with E-state index in [1.807, 2.05) is 0 Å². The fourth-order valence-corrected chi connectivity index (χ4v) is 3.08. The van der Waals surface area contributed by atoms with Gasteiger partial charge in [0.05, 0.1) is 6.54 Å². The summed E-state index contributed by atoms with van der Waals surface area (Å²) >= 11 is 0. The molecule has 1 aliphatic heterocycles. The molecule has 1 aromatic carbocycles. The topological polar surface area (TPSA) is 96.4 Å². The van der Waals surface area contributed by atoms with Crippen LogP contribution in [0.2, 0.25) is 0 Å². The van der Waals surface area contributed by atoms with Crippen LogP contribution in [-0.4, -0.2) is 89.2 Å². The van der Waals surface area contributed by atoms with Gasteiger partial charge in [-0.25, -0.2) is 22.0 Å². The van der Waals surface area contributed by atoms with Crippen molar-refractivity contribution in [3.05, 3.63) is 47.0 Å². The maximum Gasteiger partial charge on any atom is 0.323 e. The summed E-state index contributed by atoms with van der Waals surface area (Å²) in [7, 11) is 0. The van der Waals surface area contributed by atoms with Crippen LogP contribution in [0.3, 0.4) is 0 Å². The van der Waals surface area contributed by atoms with Crippen molar-refractivity contribution in [2.75, 3.05) is 52.4 Å². The monoisotopic (exact) mass is 466 g/mol. The summed E-state index contributed by atoms with van der Waals surface area (Å²) < 4.78 is 68.8. The molecule has 0 fully saturated rings. The number of halogens is 5. The molecule has 0 aliphatic carbocycles. The lowest BCUT2D eigenvalue weighted by Crippen LogP contribution is -2.42. The van der Waals surface area contributed by atoms with Crippen molar-refractivity contribution in [1.29, 1.82) is 0 Å². The number of aliphatic carboxylic acids is 2. The highest BCUT2D eigenvalue weighted by Gasteiger charge is 2.26. The Labute approximate surface area is 180 Å². The summed E-state index contributed by atoms with van der Waals surface area (Å²) in [5.41, 5.74) is -1.05. The Morgan fingerprint density at radius 3 is 1.88 bits per heavy atom. The van der Waals surface area contributed by atoms with Crippen LogP contribution in [0.5, 0.6) is 0 Å². The molecule has 0 unspecified atom stereocenters. The maximum atomic E-state index is 14.1. The first-order chi connectivity index (χ1) is 15.1. The molecule has 0 aromatic heterocycles. The van der Waals surface area contributed by atoms with Gasteiger partial charge in [-0.2, -0.15) is 0 Å². The number of benzene rings is 1. The molecule has 1 aromatic rings. The number of hydrogen-bond acceptors (Lipinski definition) is 6. The van der Waals surface area contributed by atoms with Crippen molar-refractivity contribution in [3.63, 3.8) is 0 Å². The second kappa shape index (κ2) is 11.6. The molecule has 0 radical (unpaired) electrons. The highest BCUT2D eigenvalue weighted by molar-refractivity contribution is 5.69. The number of hydrogen-bond donors (Lipinski definition) is 3. The molecule has 0 saturated heterocycles. The van der Waals surface area contributed by atoms with Gasteiger partial charge in [-0.1, -0.05) is 0 Å². The molecular formula is C19H23F5N4O4. The van der Waals surface area contributed by atoms with Crippen molar-refractivity contribution in [2.24, 2.45) is 0 Å². The van der Waals surface area contributed by atoms with Crippen LogP contribution in [0.15, 0.2) is 12.4 Å². The van der Waals surface area contributed by atoms with E-state index in [1.165, 1.54) is 22.2 Å². The van der Waals surface area contributed by atoms with Gasteiger partial charge < -0.3 is 25.3 Å². The zero-order valence-corrected chi connectivity index (χ0v) is 17.0. The number of carboxylic acids is 2. The van der Waals surface area contributed by atoms with Gasteiger partial charge in [0, 0.05) is 63.8 Å². The van der Waals surface area contributed by atoms with Gasteiger partial charge in [-0.05, 0) is 0 Å². The fraction of sp³-hybridized carbons (Fsp3) is 0.474. The number of carboxylic acid groups (broad SMARTS) is 2. The van der Waals surface area contributed by atoms with E-state index in [0.29, 0.717) is 19.6 Å². The Hall–Kier alpha value is -2.93. The second-order valence-electron chi connectivity index (χ2n) is 7.10. The van der Waals surface area contributed by atoms with E-state index in [4.69, 9.17) is 10.2 Å². The lowest BCUT2D eigenvalue weighted by atomic mass is 10.1. The van der Waals surface area contributed by atoms with Crippen LogP contribution in [0.25, 0.3) is 0 Å².